The molecule has 0 bridgehead atoms. The van der Waals surface area contributed by atoms with E-state index in [1.807, 2.05) is 61.5 Å². The second-order valence-corrected chi connectivity index (χ2v) is 8.01. The highest BCUT2D eigenvalue weighted by Gasteiger charge is 2.12. The normalized spacial score (nSPS) is 11.3. The van der Waals surface area contributed by atoms with Gasteiger partial charge in [0.15, 0.2) is 0 Å². The van der Waals surface area contributed by atoms with Gasteiger partial charge in [-0.3, -0.25) is 4.79 Å². The molecule has 0 aliphatic rings. The molecule has 4 aromatic rings. The molecule has 1 heterocycles. The van der Waals surface area contributed by atoms with Crippen molar-refractivity contribution < 1.29 is 14.7 Å². The Hall–Kier alpha value is -4.59. The van der Waals surface area contributed by atoms with E-state index in [-0.39, 0.29) is 11.5 Å². The Morgan fingerprint density at radius 1 is 0.971 bits per heavy atom. The molecule has 3 N–H and O–H groups in total. The second-order valence-electron chi connectivity index (χ2n) is 8.01. The summed E-state index contributed by atoms with van der Waals surface area (Å²) in [5.41, 5.74) is 5.52. The first-order valence-corrected chi connectivity index (χ1v) is 11.3. The van der Waals surface area contributed by atoms with E-state index in [9.17, 15) is 9.59 Å². The summed E-state index contributed by atoms with van der Waals surface area (Å²) in [6, 6.07) is 22.3. The van der Waals surface area contributed by atoms with Gasteiger partial charge in [0.25, 0.3) is 0 Å². The molecular weight excluding hydrogens is 442 g/mol. The highest BCUT2D eigenvalue weighted by Crippen LogP contribution is 2.29. The van der Waals surface area contributed by atoms with Gasteiger partial charge in [-0.05, 0) is 52.1 Å². The van der Waals surface area contributed by atoms with Crippen LogP contribution in [0.25, 0.3) is 28.6 Å². The number of aromatic carboxylic acids is 1. The van der Waals surface area contributed by atoms with Crippen molar-refractivity contribution in [3.63, 3.8) is 0 Å². The number of hydrogen-bond donors (Lipinski definition) is 3. The maximum absolute atomic E-state index is 12.9. The third-order valence-electron chi connectivity index (χ3n) is 5.54. The lowest BCUT2D eigenvalue weighted by atomic mass is 9.98. The van der Waals surface area contributed by atoms with Crippen molar-refractivity contribution in [2.45, 2.75) is 26.3 Å². The number of nitrogens with zero attached hydrogens (tertiary/aromatic N) is 3. The molecule has 0 radical (unpaired) electrons. The molecule has 1 aromatic heterocycles. The summed E-state index contributed by atoms with van der Waals surface area (Å²) in [6.45, 7) is 2.41. The predicted octanol–water partition coefficient (Wildman–Crippen LogP) is 4.73. The van der Waals surface area contributed by atoms with Gasteiger partial charge in [-0.25, -0.2) is 4.79 Å². The number of aromatic nitrogens is 4. The van der Waals surface area contributed by atoms with Crippen molar-refractivity contribution >= 4 is 18.0 Å². The second kappa shape index (κ2) is 11.0. The summed E-state index contributed by atoms with van der Waals surface area (Å²) in [5, 5.41) is 26.4. The summed E-state index contributed by atoms with van der Waals surface area (Å²) in [7, 11) is 0. The van der Waals surface area contributed by atoms with Crippen LogP contribution in [0.15, 0.2) is 78.4 Å². The Morgan fingerprint density at radius 3 is 2.31 bits per heavy atom. The standard InChI is InChI=1S/C27H25N5O3/c1-2-5-22(16-18-8-14-21(15-9-18)27(34)35)26(33)28-17-19-10-12-20(13-11-19)23-6-3-4-7-24(23)25-29-31-32-30-25/h3-4,6-16H,2,5,17H2,1H3,(H,28,33)(H,34,35)(H,29,30,31,32)/b22-16+. The van der Waals surface area contributed by atoms with E-state index >= 15 is 0 Å². The lowest BCUT2D eigenvalue weighted by Crippen LogP contribution is -2.24. The first-order chi connectivity index (χ1) is 17.0. The van der Waals surface area contributed by atoms with E-state index in [4.69, 9.17) is 5.11 Å². The molecule has 1 amide bonds. The van der Waals surface area contributed by atoms with E-state index in [0.29, 0.717) is 24.4 Å². The van der Waals surface area contributed by atoms with Crippen LogP contribution in [0.5, 0.6) is 0 Å². The van der Waals surface area contributed by atoms with Crippen LogP contribution in [0.1, 0.15) is 41.3 Å². The number of carboxylic acids is 1. The zero-order valence-corrected chi connectivity index (χ0v) is 19.2. The molecule has 0 saturated heterocycles. The molecule has 8 nitrogen and oxygen atoms in total. The number of tetrazole rings is 1. The number of benzene rings is 3. The average molecular weight is 468 g/mol. The Kier molecular flexibility index (Phi) is 7.42. The molecular formula is C27H25N5O3. The van der Waals surface area contributed by atoms with Crippen LogP contribution in [-0.4, -0.2) is 37.6 Å². The Bertz CT molecular complexity index is 1330. The van der Waals surface area contributed by atoms with Crippen molar-refractivity contribution in [3.8, 4) is 22.5 Å². The van der Waals surface area contributed by atoms with Crippen LogP contribution in [0.3, 0.4) is 0 Å². The van der Waals surface area contributed by atoms with Gasteiger partial charge >= 0.3 is 5.97 Å². The predicted molar refractivity (Wildman–Crippen MR) is 133 cm³/mol. The summed E-state index contributed by atoms with van der Waals surface area (Å²) >= 11 is 0. The average Bonchev–Trinajstić information content (AvgIpc) is 3.43. The summed E-state index contributed by atoms with van der Waals surface area (Å²) in [5.74, 6) is -0.582. The first-order valence-electron chi connectivity index (χ1n) is 11.3. The number of carbonyl (C=O) groups is 2. The highest BCUT2D eigenvalue weighted by atomic mass is 16.4. The fourth-order valence-electron chi connectivity index (χ4n) is 3.75. The van der Waals surface area contributed by atoms with Crippen molar-refractivity contribution in [1.29, 1.82) is 0 Å². The van der Waals surface area contributed by atoms with E-state index < -0.39 is 5.97 Å². The number of nitrogens with one attached hydrogen (secondary N) is 2. The zero-order chi connectivity index (χ0) is 24.6. The number of carbonyl (C=O) groups excluding carboxylic acids is 1. The third-order valence-corrected chi connectivity index (χ3v) is 5.54. The van der Waals surface area contributed by atoms with Crippen LogP contribution in [-0.2, 0) is 11.3 Å². The minimum Gasteiger partial charge on any atom is -0.478 e. The van der Waals surface area contributed by atoms with Crippen LogP contribution in [0.2, 0.25) is 0 Å². The van der Waals surface area contributed by atoms with Gasteiger partial charge < -0.3 is 10.4 Å². The number of amides is 1. The fraction of sp³-hybridized carbons (Fsp3) is 0.148. The number of rotatable bonds is 9. The smallest absolute Gasteiger partial charge is 0.335 e. The maximum atomic E-state index is 12.9. The maximum Gasteiger partial charge on any atom is 0.335 e. The SMILES string of the molecule is CCC/C(=C\c1ccc(C(=O)O)cc1)C(=O)NCc1ccc(-c2ccccc2-c2nn[nH]n2)cc1. The topological polar surface area (TPSA) is 121 Å². The van der Waals surface area contributed by atoms with Crippen molar-refractivity contribution in [2.24, 2.45) is 0 Å². The molecule has 0 spiro atoms. The number of aromatic amines is 1. The van der Waals surface area contributed by atoms with E-state index in [0.717, 1.165) is 34.2 Å². The molecule has 0 unspecified atom stereocenters. The largest absolute Gasteiger partial charge is 0.478 e. The molecule has 3 aromatic carbocycles. The Labute approximate surface area is 202 Å². The Balaban J connectivity index is 1.44. The monoisotopic (exact) mass is 467 g/mol. The lowest BCUT2D eigenvalue weighted by Gasteiger charge is -2.11. The zero-order valence-electron chi connectivity index (χ0n) is 19.2. The lowest BCUT2D eigenvalue weighted by molar-refractivity contribution is -0.117. The van der Waals surface area contributed by atoms with Crippen LogP contribution < -0.4 is 5.32 Å². The van der Waals surface area contributed by atoms with Gasteiger partial charge in [-0.2, -0.15) is 5.21 Å². The van der Waals surface area contributed by atoms with Gasteiger partial charge in [0.1, 0.15) is 0 Å². The van der Waals surface area contributed by atoms with E-state index in [1.165, 1.54) is 12.1 Å². The molecule has 0 atom stereocenters. The van der Waals surface area contributed by atoms with Gasteiger partial charge in [-0.15, -0.1) is 10.2 Å². The molecule has 0 aliphatic heterocycles. The molecule has 4 rings (SSSR count). The molecule has 35 heavy (non-hydrogen) atoms. The molecule has 8 heteroatoms. The van der Waals surface area contributed by atoms with E-state index in [2.05, 4.69) is 25.9 Å². The highest BCUT2D eigenvalue weighted by molar-refractivity contribution is 5.98. The van der Waals surface area contributed by atoms with E-state index in [1.54, 1.807) is 12.1 Å². The van der Waals surface area contributed by atoms with Crippen molar-refractivity contribution in [1.82, 2.24) is 25.9 Å². The van der Waals surface area contributed by atoms with Gasteiger partial charge in [0, 0.05) is 17.7 Å². The van der Waals surface area contributed by atoms with Crippen LogP contribution in [0, 0.1) is 0 Å². The number of carboxylic acid groups (broad SMARTS) is 1. The number of hydrogen-bond acceptors (Lipinski definition) is 5. The summed E-state index contributed by atoms with van der Waals surface area (Å²) in [4.78, 5) is 23.9. The summed E-state index contributed by atoms with van der Waals surface area (Å²) < 4.78 is 0. The van der Waals surface area contributed by atoms with Gasteiger partial charge in [0.05, 0.1) is 5.56 Å². The van der Waals surface area contributed by atoms with Crippen LogP contribution in [0.4, 0.5) is 0 Å². The molecule has 176 valence electrons. The minimum atomic E-state index is -0.976. The van der Waals surface area contributed by atoms with Crippen molar-refractivity contribution in [3.05, 3.63) is 95.1 Å². The fourth-order valence-corrected chi connectivity index (χ4v) is 3.75. The molecule has 0 aliphatic carbocycles. The Morgan fingerprint density at radius 2 is 1.69 bits per heavy atom. The van der Waals surface area contributed by atoms with Gasteiger partial charge in [-0.1, -0.05) is 74.0 Å². The molecule has 0 fully saturated rings. The van der Waals surface area contributed by atoms with Crippen LogP contribution >= 0.6 is 0 Å². The quantitative estimate of drug-likeness (QED) is 0.306. The van der Waals surface area contributed by atoms with Gasteiger partial charge in [0.2, 0.25) is 11.7 Å². The van der Waals surface area contributed by atoms with Crippen molar-refractivity contribution in [2.75, 3.05) is 0 Å². The first kappa shape index (κ1) is 23.6. The summed E-state index contributed by atoms with van der Waals surface area (Å²) in [6.07, 6.45) is 3.25. The number of H-pyrrole nitrogens is 1. The minimum absolute atomic E-state index is 0.138. The molecule has 0 saturated carbocycles. The third kappa shape index (κ3) is 5.86.